The molecular formula is C19H36O3Si2. The van der Waals surface area contributed by atoms with Gasteiger partial charge in [0.2, 0.25) is 0 Å². The predicted octanol–water partition coefficient (Wildman–Crippen LogP) is 5.16. The topological polar surface area (TPSA) is 35.5 Å². The minimum atomic E-state index is -1.86. The molecule has 0 aromatic carbocycles. The molecule has 0 saturated carbocycles. The number of carbonyl (C=O) groups is 1. The highest BCUT2D eigenvalue weighted by Crippen LogP contribution is 2.38. The van der Waals surface area contributed by atoms with Crippen molar-refractivity contribution in [1.82, 2.24) is 0 Å². The highest BCUT2D eigenvalue weighted by Gasteiger charge is 2.38. The normalized spacial score (nSPS) is 14.2. The fourth-order valence-electron chi connectivity index (χ4n) is 1.70. The number of esters is 1. The summed E-state index contributed by atoms with van der Waals surface area (Å²) in [6.45, 7) is 20.1. The zero-order valence-corrected chi connectivity index (χ0v) is 19.1. The van der Waals surface area contributed by atoms with Crippen molar-refractivity contribution in [2.75, 3.05) is 6.61 Å². The van der Waals surface area contributed by atoms with E-state index in [1.165, 1.54) is 6.08 Å². The van der Waals surface area contributed by atoms with Crippen molar-refractivity contribution in [3.8, 4) is 11.5 Å². The number of ether oxygens (including phenoxy) is 1. The third kappa shape index (κ3) is 10.1. The van der Waals surface area contributed by atoms with Crippen LogP contribution >= 0.6 is 0 Å². The van der Waals surface area contributed by atoms with E-state index in [2.05, 4.69) is 65.0 Å². The van der Waals surface area contributed by atoms with Gasteiger partial charge in [-0.15, -0.1) is 11.5 Å². The van der Waals surface area contributed by atoms with Crippen molar-refractivity contribution < 1.29 is 14.0 Å². The van der Waals surface area contributed by atoms with Crippen molar-refractivity contribution in [1.29, 1.82) is 0 Å². The van der Waals surface area contributed by atoms with Gasteiger partial charge in [0.05, 0.1) is 12.7 Å². The van der Waals surface area contributed by atoms with E-state index in [1.807, 2.05) is 6.08 Å². The van der Waals surface area contributed by atoms with Crippen LogP contribution in [-0.4, -0.2) is 35.1 Å². The Labute approximate surface area is 151 Å². The van der Waals surface area contributed by atoms with Gasteiger partial charge in [-0.25, -0.2) is 4.79 Å². The molecule has 0 aromatic heterocycles. The number of hydrogen-bond acceptors (Lipinski definition) is 3. The monoisotopic (exact) mass is 368 g/mol. The lowest BCUT2D eigenvalue weighted by atomic mass is 10.2. The Morgan fingerprint density at radius 1 is 1.17 bits per heavy atom. The van der Waals surface area contributed by atoms with E-state index in [1.54, 1.807) is 6.92 Å². The lowest BCUT2D eigenvalue weighted by Gasteiger charge is -2.38. The molecule has 0 unspecified atom stereocenters. The fourth-order valence-corrected chi connectivity index (χ4v) is 3.70. The number of carbonyl (C=O) groups excluding carboxylic acids is 1. The number of hydrogen-bond donors (Lipinski definition) is 0. The Bertz CT molecular complexity index is 485. The summed E-state index contributed by atoms with van der Waals surface area (Å²) in [7, 11) is -3.24. The second kappa shape index (κ2) is 9.60. The molecule has 5 heteroatoms. The van der Waals surface area contributed by atoms with Crippen LogP contribution in [0.1, 0.15) is 40.5 Å². The molecule has 0 saturated heterocycles. The first-order chi connectivity index (χ1) is 10.8. The molecule has 0 aliphatic carbocycles. The smallest absolute Gasteiger partial charge is 0.330 e. The molecule has 0 aliphatic heterocycles. The first kappa shape index (κ1) is 23.2. The van der Waals surface area contributed by atoms with E-state index >= 15 is 0 Å². The van der Waals surface area contributed by atoms with Crippen molar-refractivity contribution in [2.45, 2.75) is 84.4 Å². The van der Waals surface area contributed by atoms with Crippen LogP contribution in [0.5, 0.6) is 0 Å². The van der Waals surface area contributed by atoms with Crippen LogP contribution in [0.4, 0.5) is 0 Å². The maximum absolute atomic E-state index is 11.5. The summed E-state index contributed by atoms with van der Waals surface area (Å²) >= 11 is 0. The van der Waals surface area contributed by atoms with Crippen molar-refractivity contribution >= 4 is 22.4 Å². The largest absolute Gasteiger partial charge is 0.463 e. The van der Waals surface area contributed by atoms with Gasteiger partial charge in [0.15, 0.2) is 8.32 Å². The highest BCUT2D eigenvalue weighted by atomic mass is 28.4. The van der Waals surface area contributed by atoms with Crippen LogP contribution in [0, 0.1) is 11.5 Å². The summed E-state index contributed by atoms with van der Waals surface area (Å²) in [5.41, 5.74) is 3.40. The lowest BCUT2D eigenvalue weighted by molar-refractivity contribution is -0.137. The second-order valence-corrected chi connectivity index (χ2v) is 18.2. The van der Waals surface area contributed by atoms with E-state index in [9.17, 15) is 4.79 Å². The average Bonchev–Trinajstić information content (AvgIpc) is 2.35. The van der Waals surface area contributed by atoms with Gasteiger partial charge in [0.25, 0.3) is 0 Å². The first-order valence-electron chi connectivity index (χ1n) is 8.79. The molecule has 1 atom stereocenters. The van der Waals surface area contributed by atoms with Gasteiger partial charge < -0.3 is 9.16 Å². The van der Waals surface area contributed by atoms with Gasteiger partial charge in [-0.1, -0.05) is 46.5 Å². The zero-order chi connectivity index (χ0) is 19.0. The summed E-state index contributed by atoms with van der Waals surface area (Å²) in [5, 5.41) is 0.155. The first-order valence-corrected chi connectivity index (χ1v) is 15.2. The fraction of sp³-hybridized carbons (Fsp3) is 0.737. The average molecular weight is 369 g/mol. The zero-order valence-electron chi connectivity index (χ0n) is 17.1. The van der Waals surface area contributed by atoms with Crippen molar-refractivity contribution in [3.05, 3.63) is 12.2 Å². The van der Waals surface area contributed by atoms with Crippen LogP contribution in [0.2, 0.25) is 37.8 Å². The van der Waals surface area contributed by atoms with Gasteiger partial charge in [-0.3, -0.25) is 0 Å². The van der Waals surface area contributed by atoms with Crippen LogP contribution in [0.3, 0.4) is 0 Å². The Morgan fingerprint density at radius 3 is 2.21 bits per heavy atom. The van der Waals surface area contributed by atoms with Crippen LogP contribution in [-0.2, 0) is 14.0 Å². The summed E-state index contributed by atoms with van der Waals surface area (Å²) in [6.07, 6.45) is 4.78. The molecule has 0 fully saturated rings. The molecule has 3 nitrogen and oxygen atoms in total. The summed E-state index contributed by atoms with van der Waals surface area (Å²) < 4.78 is 11.4. The van der Waals surface area contributed by atoms with E-state index < -0.39 is 16.4 Å². The van der Waals surface area contributed by atoms with Crippen LogP contribution in [0.15, 0.2) is 12.2 Å². The Morgan fingerprint density at radius 2 is 1.75 bits per heavy atom. The van der Waals surface area contributed by atoms with Crippen molar-refractivity contribution in [3.63, 3.8) is 0 Å². The summed E-state index contributed by atoms with van der Waals surface area (Å²) in [5.74, 6) is 3.03. The van der Waals surface area contributed by atoms with Gasteiger partial charge in [0.1, 0.15) is 8.07 Å². The molecule has 0 N–H and O–H groups in total. The van der Waals surface area contributed by atoms with Crippen molar-refractivity contribution in [2.24, 2.45) is 0 Å². The molecule has 138 valence electrons. The summed E-state index contributed by atoms with van der Waals surface area (Å²) in [6, 6.07) is 0. The molecule has 0 aliphatic rings. The van der Waals surface area contributed by atoms with E-state index in [0.717, 1.165) is 0 Å². The van der Waals surface area contributed by atoms with Gasteiger partial charge in [-0.05, 0) is 31.5 Å². The Kier molecular flexibility index (Phi) is 9.26. The molecule has 0 heterocycles. The highest BCUT2D eigenvalue weighted by molar-refractivity contribution is 6.83. The molecule has 0 rings (SSSR count). The van der Waals surface area contributed by atoms with Gasteiger partial charge >= 0.3 is 5.97 Å². The minimum absolute atomic E-state index is 0.0282. The van der Waals surface area contributed by atoms with E-state index in [-0.39, 0.29) is 17.1 Å². The van der Waals surface area contributed by atoms with Crippen LogP contribution in [0.25, 0.3) is 0 Å². The maximum Gasteiger partial charge on any atom is 0.330 e. The number of rotatable bonds is 7. The van der Waals surface area contributed by atoms with Gasteiger partial charge in [-0.2, -0.15) is 0 Å². The molecule has 0 bridgehead atoms. The maximum atomic E-state index is 11.5. The Balaban J connectivity index is 5.02. The third-order valence-electron chi connectivity index (χ3n) is 4.00. The predicted molar refractivity (Wildman–Crippen MR) is 108 cm³/mol. The second-order valence-electron chi connectivity index (χ2n) is 8.65. The molecule has 0 radical (unpaired) electrons. The molecule has 24 heavy (non-hydrogen) atoms. The summed E-state index contributed by atoms with van der Waals surface area (Å²) in [4.78, 5) is 11.5. The quantitative estimate of drug-likeness (QED) is 0.269. The molecule has 0 amide bonds. The third-order valence-corrected chi connectivity index (χ3v) is 9.46. The van der Waals surface area contributed by atoms with Gasteiger partial charge in [0, 0.05) is 12.5 Å². The van der Waals surface area contributed by atoms with E-state index in [4.69, 9.17) is 9.16 Å². The lowest BCUT2D eigenvalue weighted by Crippen LogP contribution is -2.43. The standard InChI is InChI=1S/C19H36O3Si2/c1-10-21-18(20)15-11-13-17(14-12-16-23(5,6)7)22-24(8,9)19(2,3)4/h11,15,17H,10,13-14H2,1-9H3/b15-11+/t17-/m1/s1. The SMILES string of the molecule is CCOC(=O)/C=C/C[C@H](CC#C[Si](C)(C)C)O[Si](C)(C)C(C)(C)C. The molecule has 0 aromatic rings. The minimum Gasteiger partial charge on any atom is -0.463 e. The molecular weight excluding hydrogens is 332 g/mol. The molecule has 0 spiro atoms. The Hall–Kier alpha value is -0.836. The van der Waals surface area contributed by atoms with E-state index in [0.29, 0.717) is 19.4 Å². The van der Waals surface area contributed by atoms with Crippen LogP contribution < -0.4 is 0 Å².